The lowest BCUT2D eigenvalue weighted by Gasteiger charge is -2.25. The molecule has 0 bridgehead atoms. The molecule has 1 aliphatic rings. The van der Waals surface area contributed by atoms with Crippen LogP contribution in [0.15, 0.2) is 0 Å². The highest BCUT2D eigenvalue weighted by atomic mass is 32.2. The Labute approximate surface area is 60.1 Å². The van der Waals surface area contributed by atoms with Crippen molar-refractivity contribution >= 4 is 25.2 Å². The van der Waals surface area contributed by atoms with Crippen molar-refractivity contribution in [1.82, 2.24) is 0 Å². The molecule has 0 N–H and O–H groups in total. The van der Waals surface area contributed by atoms with E-state index in [1.807, 2.05) is 0 Å². The third kappa shape index (κ3) is 2.12. The molecule has 0 aliphatic carbocycles. The second kappa shape index (κ2) is 2.44. The molecular weight excluding hydrogens is 152 g/mol. The van der Waals surface area contributed by atoms with Crippen molar-refractivity contribution in [2.45, 2.75) is 13.1 Å². The highest BCUT2D eigenvalue weighted by Gasteiger charge is 2.29. The maximum atomic E-state index is 10.6. The fraction of sp³-hybridized carbons (Fsp3) is 0.800. The fourth-order valence-corrected chi connectivity index (χ4v) is 3.73. The average molecular weight is 162 g/mol. The fourth-order valence-electron chi connectivity index (χ4n) is 0.592. The highest BCUT2D eigenvalue weighted by Crippen LogP contribution is 2.19. The van der Waals surface area contributed by atoms with Crippen molar-refractivity contribution in [3.63, 3.8) is 0 Å². The van der Waals surface area contributed by atoms with Crippen molar-refractivity contribution in [3.05, 3.63) is 0 Å². The number of carbonyl (C=O) groups excluding carboxylic acids is 1. The minimum absolute atomic E-state index is 0.182. The van der Waals surface area contributed by atoms with Crippen LogP contribution in [0.2, 0.25) is 13.1 Å². The molecule has 0 unspecified atom stereocenters. The minimum atomic E-state index is -1.39. The van der Waals surface area contributed by atoms with Gasteiger partial charge in [-0.25, -0.2) is 0 Å². The monoisotopic (exact) mass is 162 g/mol. The molecule has 0 saturated carbocycles. The molecular formula is C5H10O2SSi. The maximum Gasteiger partial charge on any atom is 0.213 e. The Bertz CT molecular complexity index is 123. The molecule has 0 aromatic rings. The van der Waals surface area contributed by atoms with Crippen LogP contribution >= 0.6 is 11.8 Å². The van der Waals surface area contributed by atoms with Gasteiger partial charge in [-0.05, 0) is 13.1 Å². The Morgan fingerprint density at radius 2 is 2.33 bits per heavy atom. The topological polar surface area (TPSA) is 26.3 Å². The number of rotatable bonds is 0. The first kappa shape index (κ1) is 7.31. The molecule has 0 aromatic carbocycles. The molecule has 1 fully saturated rings. The van der Waals surface area contributed by atoms with Crippen LogP contribution in [-0.2, 0) is 9.22 Å². The Morgan fingerprint density at radius 1 is 1.67 bits per heavy atom. The van der Waals surface area contributed by atoms with Crippen molar-refractivity contribution < 1.29 is 9.22 Å². The zero-order valence-corrected chi connectivity index (χ0v) is 7.46. The summed E-state index contributed by atoms with van der Waals surface area (Å²) in [5.74, 6) is 0. The number of hydrogen-bond donors (Lipinski definition) is 0. The van der Waals surface area contributed by atoms with Gasteiger partial charge in [0.05, 0.1) is 0 Å². The molecule has 0 spiro atoms. The van der Waals surface area contributed by atoms with E-state index < -0.39 is 8.32 Å². The second-order valence-electron chi connectivity index (χ2n) is 2.71. The SMILES string of the molecule is C[Si]1(C)CSC(=O)CO1. The summed E-state index contributed by atoms with van der Waals surface area (Å²) < 4.78 is 5.35. The number of carbonyl (C=O) groups is 1. The molecule has 0 atom stereocenters. The van der Waals surface area contributed by atoms with E-state index in [-0.39, 0.29) is 5.12 Å². The van der Waals surface area contributed by atoms with E-state index >= 15 is 0 Å². The zero-order valence-electron chi connectivity index (χ0n) is 5.64. The summed E-state index contributed by atoms with van der Waals surface area (Å²) in [5.41, 5.74) is 0. The molecule has 1 rings (SSSR count). The zero-order chi connectivity index (χ0) is 6.91. The van der Waals surface area contributed by atoms with Crippen molar-refractivity contribution in [2.75, 3.05) is 12.0 Å². The first-order valence-electron chi connectivity index (χ1n) is 2.90. The van der Waals surface area contributed by atoms with Gasteiger partial charge in [0.2, 0.25) is 5.12 Å². The molecule has 4 heteroatoms. The van der Waals surface area contributed by atoms with Gasteiger partial charge in [0.25, 0.3) is 0 Å². The van der Waals surface area contributed by atoms with Crippen LogP contribution in [-0.4, -0.2) is 25.4 Å². The normalized spacial score (nSPS) is 26.2. The van der Waals surface area contributed by atoms with Crippen LogP contribution in [0.1, 0.15) is 0 Å². The van der Waals surface area contributed by atoms with Crippen LogP contribution in [0, 0.1) is 0 Å². The molecule has 1 heterocycles. The Kier molecular flexibility index (Phi) is 1.98. The predicted molar refractivity (Wildman–Crippen MR) is 40.9 cm³/mol. The summed E-state index contributed by atoms with van der Waals surface area (Å²) in [6.45, 7) is 4.60. The van der Waals surface area contributed by atoms with Gasteiger partial charge in [-0.3, -0.25) is 4.79 Å². The lowest BCUT2D eigenvalue weighted by Crippen LogP contribution is -2.40. The lowest BCUT2D eigenvalue weighted by molar-refractivity contribution is -0.113. The molecule has 9 heavy (non-hydrogen) atoms. The largest absolute Gasteiger partial charge is 0.408 e. The number of hydrogen-bond acceptors (Lipinski definition) is 3. The van der Waals surface area contributed by atoms with Gasteiger partial charge in [0, 0.05) is 5.38 Å². The average Bonchev–Trinajstić information content (AvgIpc) is 1.78. The van der Waals surface area contributed by atoms with E-state index in [9.17, 15) is 4.79 Å². The Morgan fingerprint density at radius 3 is 2.67 bits per heavy atom. The quantitative estimate of drug-likeness (QED) is 0.497. The molecule has 0 radical (unpaired) electrons. The van der Waals surface area contributed by atoms with E-state index in [4.69, 9.17) is 4.43 Å². The summed E-state index contributed by atoms with van der Waals surface area (Å²) in [7, 11) is -1.39. The molecule has 2 nitrogen and oxygen atoms in total. The van der Waals surface area contributed by atoms with E-state index in [1.54, 1.807) is 0 Å². The molecule has 0 amide bonds. The van der Waals surface area contributed by atoms with Crippen LogP contribution in [0.5, 0.6) is 0 Å². The van der Waals surface area contributed by atoms with E-state index in [0.717, 1.165) is 5.38 Å². The smallest absolute Gasteiger partial charge is 0.213 e. The molecule has 0 aromatic heterocycles. The summed E-state index contributed by atoms with van der Waals surface area (Å²) in [5, 5.41) is 1.10. The van der Waals surface area contributed by atoms with Gasteiger partial charge in [-0.1, -0.05) is 11.8 Å². The van der Waals surface area contributed by atoms with Crippen LogP contribution in [0.25, 0.3) is 0 Å². The van der Waals surface area contributed by atoms with E-state index in [0.29, 0.717) is 6.61 Å². The Hall–Kier alpha value is 0.197. The second-order valence-corrected chi connectivity index (χ2v) is 8.42. The summed E-state index contributed by atoms with van der Waals surface area (Å²) in [4.78, 5) is 10.6. The van der Waals surface area contributed by atoms with E-state index in [2.05, 4.69) is 13.1 Å². The van der Waals surface area contributed by atoms with Crippen LogP contribution in [0.4, 0.5) is 0 Å². The van der Waals surface area contributed by atoms with Crippen molar-refractivity contribution in [3.8, 4) is 0 Å². The third-order valence-corrected chi connectivity index (χ3v) is 5.89. The van der Waals surface area contributed by atoms with Gasteiger partial charge in [0.1, 0.15) is 6.61 Å². The van der Waals surface area contributed by atoms with Gasteiger partial charge in [-0.15, -0.1) is 0 Å². The molecule has 1 aliphatic heterocycles. The van der Waals surface area contributed by atoms with Gasteiger partial charge >= 0.3 is 0 Å². The number of thioether (sulfide) groups is 1. The van der Waals surface area contributed by atoms with Crippen molar-refractivity contribution in [1.29, 1.82) is 0 Å². The molecule has 52 valence electrons. The summed E-state index contributed by atoms with van der Waals surface area (Å²) in [6.07, 6.45) is 0. The first-order valence-corrected chi connectivity index (χ1v) is 7.00. The van der Waals surface area contributed by atoms with Gasteiger partial charge in [-0.2, -0.15) is 0 Å². The predicted octanol–water partition coefficient (Wildman–Crippen LogP) is 1.02. The maximum absolute atomic E-state index is 10.6. The first-order chi connectivity index (χ1) is 4.10. The third-order valence-electron chi connectivity index (χ3n) is 1.16. The summed E-state index contributed by atoms with van der Waals surface area (Å²) >= 11 is 1.42. The van der Waals surface area contributed by atoms with Crippen LogP contribution < -0.4 is 0 Å². The van der Waals surface area contributed by atoms with Crippen LogP contribution in [0.3, 0.4) is 0 Å². The van der Waals surface area contributed by atoms with Crippen molar-refractivity contribution in [2.24, 2.45) is 0 Å². The molecule has 1 saturated heterocycles. The Balaban J connectivity index is 2.44. The minimum Gasteiger partial charge on any atom is -0.408 e. The lowest BCUT2D eigenvalue weighted by atomic mass is 10.8. The van der Waals surface area contributed by atoms with E-state index in [1.165, 1.54) is 11.8 Å². The van der Waals surface area contributed by atoms with Gasteiger partial charge in [0.15, 0.2) is 8.32 Å². The summed E-state index contributed by atoms with van der Waals surface area (Å²) in [6, 6.07) is 0. The highest BCUT2D eigenvalue weighted by molar-refractivity contribution is 8.15. The standard InChI is InChI=1S/C5H10O2SSi/c1-9(2)4-8-5(6)3-7-9/h3-4H2,1-2H3. The van der Waals surface area contributed by atoms with Gasteiger partial charge < -0.3 is 4.43 Å².